The minimum absolute atomic E-state index is 0.478. The van der Waals surface area contributed by atoms with Gasteiger partial charge in [0.05, 0.1) is 12.7 Å². The number of morpholine rings is 1. The van der Waals surface area contributed by atoms with Crippen molar-refractivity contribution in [2.45, 2.75) is 56.3 Å². The van der Waals surface area contributed by atoms with Gasteiger partial charge in [0.25, 0.3) is 0 Å². The monoisotopic (exact) mass is 286 g/mol. The van der Waals surface area contributed by atoms with Crippen molar-refractivity contribution in [3.05, 3.63) is 35.9 Å². The lowest BCUT2D eigenvalue weighted by molar-refractivity contribution is -0.0722. The summed E-state index contributed by atoms with van der Waals surface area (Å²) >= 11 is 0. The summed E-state index contributed by atoms with van der Waals surface area (Å²) in [6.45, 7) is 3.05. The van der Waals surface area contributed by atoms with Gasteiger partial charge in [-0.3, -0.25) is 4.90 Å². The molecule has 1 aromatic rings. The van der Waals surface area contributed by atoms with Gasteiger partial charge >= 0.3 is 0 Å². The molecular weight excluding hydrogens is 260 g/mol. The van der Waals surface area contributed by atoms with Gasteiger partial charge < -0.3 is 10.1 Å². The van der Waals surface area contributed by atoms with E-state index in [4.69, 9.17) is 4.74 Å². The van der Waals surface area contributed by atoms with E-state index in [-0.39, 0.29) is 0 Å². The summed E-state index contributed by atoms with van der Waals surface area (Å²) in [4.78, 5) is 2.73. The summed E-state index contributed by atoms with van der Waals surface area (Å²) in [5.41, 5.74) is 1.46. The highest BCUT2D eigenvalue weighted by Gasteiger charge is 2.39. The van der Waals surface area contributed by atoms with Crippen LogP contribution in [-0.2, 0) is 4.74 Å². The van der Waals surface area contributed by atoms with Crippen LogP contribution >= 0.6 is 0 Å². The highest BCUT2D eigenvalue weighted by molar-refractivity contribution is 5.20. The van der Waals surface area contributed by atoms with Gasteiger partial charge in [-0.05, 0) is 37.7 Å². The number of rotatable bonds is 5. The molecule has 0 radical (unpaired) electrons. The van der Waals surface area contributed by atoms with E-state index in [9.17, 15) is 0 Å². The predicted octanol–water partition coefficient (Wildman–Crippen LogP) is 2.73. The molecule has 3 aliphatic rings. The Hall–Kier alpha value is -0.900. The van der Waals surface area contributed by atoms with Crippen LogP contribution in [0, 0.1) is 0 Å². The zero-order chi connectivity index (χ0) is 14.1. The average molecular weight is 286 g/mol. The van der Waals surface area contributed by atoms with Crippen LogP contribution in [0.4, 0.5) is 0 Å². The number of ether oxygens (including phenoxy) is 1. The van der Waals surface area contributed by atoms with Crippen molar-refractivity contribution in [2.75, 3.05) is 19.7 Å². The normalized spacial score (nSPS) is 31.0. The van der Waals surface area contributed by atoms with E-state index < -0.39 is 0 Å². The van der Waals surface area contributed by atoms with E-state index in [0.29, 0.717) is 18.2 Å². The molecule has 0 spiro atoms. The minimum Gasteiger partial charge on any atom is -0.375 e. The maximum absolute atomic E-state index is 5.99. The van der Waals surface area contributed by atoms with Crippen molar-refractivity contribution in [2.24, 2.45) is 0 Å². The number of nitrogens with one attached hydrogen (secondary N) is 1. The standard InChI is InChI=1S/C18H26N2O/c1-2-5-14(6-3-1)17(13-19-15-9-10-15)20-11-12-21-18-8-4-7-16(18)20/h1-3,5-6,15-19H,4,7-13H2. The van der Waals surface area contributed by atoms with Crippen LogP contribution in [0.1, 0.15) is 43.7 Å². The molecule has 3 unspecified atom stereocenters. The summed E-state index contributed by atoms with van der Waals surface area (Å²) in [5.74, 6) is 0. The highest BCUT2D eigenvalue weighted by atomic mass is 16.5. The lowest BCUT2D eigenvalue weighted by Gasteiger charge is -2.43. The number of benzene rings is 1. The summed E-state index contributed by atoms with van der Waals surface area (Å²) in [7, 11) is 0. The van der Waals surface area contributed by atoms with Crippen molar-refractivity contribution in [3.8, 4) is 0 Å². The molecule has 1 aliphatic heterocycles. The number of fused-ring (bicyclic) bond motifs is 1. The Morgan fingerprint density at radius 2 is 2.00 bits per heavy atom. The van der Waals surface area contributed by atoms with Crippen molar-refractivity contribution in [1.29, 1.82) is 0 Å². The topological polar surface area (TPSA) is 24.5 Å². The van der Waals surface area contributed by atoms with Crippen LogP contribution < -0.4 is 5.32 Å². The molecule has 3 heteroatoms. The molecule has 4 rings (SSSR count). The van der Waals surface area contributed by atoms with E-state index in [0.717, 1.165) is 25.7 Å². The van der Waals surface area contributed by atoms with Crippen LogP contribution in [0.15, 0.2) is 30.3 Å². The molecule has 114 valence electrons. The molecular formula is C18H26N2O. The smallest absolute Gasteiger partial charge is 0.0731 e. The molecule has 0 aromatic heterocycles. The Kier molecular flexibility index (Phi) is 3.97. The van der Waals surface area contributed by atoms with E-state index in [1.807, 2.05) is 0 Å². The quantitative estimate of drug-likeness (QED) is 0.901. The van der Waals surface area contributed by atoms with Crippen LogP contribution in [0.3, 0.4) is 0 Å². The second-order valence-corrected chi connectivity index (χ2v) is 6.75. The zero-order valence-corrected chi connectivity index (χ0v) is 12.7. The molecule has 3 fully saturated rings. The van der Waals surface area contributed by atoms with Crippen molar-refractivity contribution < 1.29 is 4.74 Å². The van der Waals surface area contributed by atoms with Crippen molar-refractivity contribution >= 4 is 0 Å². The van der Waals surface area contributed by atoms with Crippen molar-refractivity contribution in [3.63, 3.8) is 0 Å². The number of nitrogens with zero attached hydrogens (tertiary/aromatic N) is 1. The fraction of sp³-hybridized carbons (Fsp3) is 0.667. The summed E-state index contributed by atoms with van der Waals surface area (Å²) in [6, 6.07) is 12.9. The van der Waals surface area contributed by atoms with Gasteiger partial charge in [0.2, 0.25) is 0 Å². The van der Waals surface area contributed by atoms with E-state index >= 15 is 0 Å². The van der Waals surface area contributed by atoms with Gasteiger partial charge in [-0.15, -0.1) is 0 Å². The Morgan fingerprint density at radius 3 is 2.81 bits per heavy atom. The predicted molar refractivity (Wildman–Crippen MR) is 84.3 cm³/mol. The minimum atomic E-state index is 0.478. The van der Waals surface area contributed by atoms with E-state index in [1.165, 1.54) is 37.7 Å². The first kappa shape index (κ1) is 13.7. The summed E-state index contributed by atoms with van der Waals surface area (Å²) in [6.07, 6.45) is 7.07. The lowest BCUT2D eigenvalue weighted by atomic mass is 10.0. The maximum Gasteiger partial charge on any atom is 0.0731 e. The van der Waals surface area contributed by atoms with Gasteiger partial charge in [-0.1, -0.05) is 30.3 Å². The third-order valence-electron chi connectivity index (χ3n) is 5.29. The Balaban J connectivity index is 1.55. The summed E-state index contributed by atoms with van der Waals surface area (Å²) in [5, 5.41) is 3.75. The van der Waals surface area contributed by atoms with E-state index in [2.05, 4.69) is 40.5 Å². The van der Waals surface area contributed by atoms with Gasteiger partial charge in [0.1, 0.15) is 0 Å². The SMILES string of the molecule is c1ccc(C(CNC2CC2)N2CCOC3CCCC32)cc1. The largest absolute Gasteiger partial charge is 0.375 e. The van der Waals surface area contributed by atoms with E-state index in [1.54, 1.807) is 0 Å². The first-order valence-corrected chi connectivity index (χ1v) is 8.57. The first-order chi connectivity index (χ1) is 10.4. The molecule has 1 saturated heterocycles. The fourth-order valence-corrected chi connectivity index (χ4v) is 4.01. The zero-order valence-electron chi connectivity index (χ0n) is 12.7. The third-order valence-corrected chi connectivity index (χ3v) is 5.29. The Morgan fingerprint density at radius 1 is 1.14 bits per heavy atom. The van der Waals surface area contributed by atoms with Crippen LogP contribution in [-0.4, -0.2) is 42.8 Å². The van der Waals surface area contributed by atoms with Gasteiger partial charge in [0, 0.05) is 31.2 Å². The third kappa shape index (κ3) is 3.01. The van der Waals surface area contributed by atoms with Crippen LogP contribution in [0.5, 0.6) is 0 Å². The second kappa shape index (κ2) is 6.07. The second-order valence-electron chi connectivity index (χ2n) is 6.75. The average Bonchev–Trinajstić information content (AvgIpc) is 3.23. The molecule has 0 bridgehead atoms. The number of hydrogen-bond donors (Lipinski definition) is 1. The fourth-order valence-electron chi connectivity index (χ4n) is 4.01. The van der Waals surface area contributed by atoms with Crippen LogP contribution in [0.25, 0.3) is 0 Å². The van der Waals surface area contributed by atoms with Crippen molar-refractivity contribution in [1.82, 2.24) is 10.2 Å². The van der Waals surface area contributed by atoms with Gasteiger partial charge in [-0.2, -0.15) is 0 Å². The van der Waals surface area contributed by atoms with Gasteiger partial charge in [-0.25, -0.2) is 0 Å². The molecule has 3 nitrogen and oxygen atoms in total. The first-order valence-electron chi connectivity index (χ1n) is 8.57. The molecule has 21 heavy (non-hydrogen) atoms. The molecule has 1 aromatic carbocycles. The molecule has 1 heterocycles. The highest BCUT2D eigenvalue weighted by Crippen LogP contribution is 2.35. The number of hydrogen-bond acceptors (Lipinski definition) is 3. The van der Waals surface area contributed by atoms with Gasteiger partial charge in [0.15, 0.2) is 0 Å². The Bertz CT molecular complexity index is 460. The Labute approximate surface area is 127 Å². The summed E-state index contributed by atoms with van der Waals surface area (Å²) < 4.78 is 5.99. The molecule has 1 N–H and O–H groups in total. The molecule has 3 atom stereocenters. The molecule has 0 amide bonds. The lowest BCUT2D eigenvalue weighted by Crippen LogP contribution is -2.52. The maximum atomic E-state index is 5.99. The molecule has 2 saturated carbocycles. The molecule has 2 aliphatic carbocycles. The van der Waals surface area contributed by atoms with Crippen LogP contribution in [0.2, 0.25) is 0 Å².